The maximum atomic E-state index is 11.8. The number of anilines is 1. The smallest absolute Gasteiger partial charge is 0.228 e. The Morgan fingerprint density at radius 2 is 2.53 bits per heavy atom. The van der Waals surface area contributed by atoms with Gasteiger partial charge >= 0.3 is 0 Å². The zero-order valence-corrected chi connectivity index (χ0v) is 10.5. The molecule has 0 spiro atoms. The quantitative estimate of drug-likeness (QED) is 0.906. The van der Waals surface area contributed by atoms with Crippen molar-refractivity contribution in [2.75, 3.05) is 18.0 Å². The second kappa shape index (κ2) is 4.76. The first-order chi connectivity index (χ1) is 9.70. The van der Waals surface area contributed by atoms with E-state index in [0.29, 0.717) is 6.54 Å². The highest BCUT2D eigenvalue weighted by Gasteiger charge is 2.29. The van der Waals surface area contributed by atoms with Crippen molar-refractivity contribution in [3.05, 3.63) is 43.3 Å². The number of fused-ring (bicyclic) bond motifs is 1. The lowest BCUT2D eigenvalue weighted by Crippen LogP contribution is -2.29. The van der Waals surface area contributed by atoms with Crippen LogP contribution in [0.15, 0.2) is 43.3 Å². The third-order valence-corrected chi connectivity index (χ3v) is 3.47. The molecule has 1 atom stereocenters. The lowest BCUT2D eigenvalue weighted by molar-refractivity contribution is -0.123. The number of carbonyl (C=O) groups excluding carboxylic acids is 1. The summed E-state index contributed by atoms with van der Waals surface area (Å²) >= 11 is 0. The van der Waals surface area contributed by atoms with E-state index in [2.05, 4.69) is 21.9 Å². The van der Waals surface area contributed by atoms with E-state index in [4.69, 9.17) is 1.37 Å². The van der Waals surface area contributed by atoms with Gasteiger partial charge in [0.05, 0.1) is 24.7 Å². The summed E-state index contributed by atoms with van der Waals surface area (Å²) in [6, 6.07) is 5.75. The fraction of sp³-hybridized carbons (Fsp3) is 0.286. The van der Waals surface area contributed by atoms with Gasteiger partial charge < -0.3 is 10.2 Å². The van der Waals surface area contributed by atoms with Gasteiger partial charge in [-0.2, -0.15) is 5.10 Å². The van der Waals surface area contributed by atoms with Crippen LogP contribution in [-0.2, 0) is 4.79 Å². The van der Waals surface area contributed by atoms with Gasteiger partial charge in [-0.05, 0) is 24.8 Å². The van der Waals surface area contributed by atoms with Crippen molar-refractivity contribution >= 4 is 17.1 Å². The number of carbonyl (C=O) groups is 1. The minimum atomic E-state index is -0.0638. The Hall–Kier alpha value is -2.30. The molecule has 98 valence electrons. The number of nitrogens with zero attached hydrogens (tertiary/aromatic N) is 3. The number of hydrogen-bond donors (Lipinski definition) is 1. The predicted molar refractivity (Wildman–Crippen MR) is 73.9 cm³/mol. The zero-order valence-electron chi connectivity index (χ0n) is 11.5. The predicted octanol–water partition coefficient (Wildman–Crippen LogP) is 1.42. The Morgan fingerprint density at radius 3 is 3.37 bits per heavy atom. The van der Waals surface area contributed by atoms with Crippen LogP contribution < -0.4 is 10.2 Å². The molecular weight excluding hydrogens is 240 g/mol. The summed E-state index contributed by atoms with van der Waals surface area (Å²) in [5.41, 5.74) is 1.71. The van der Waals surface area contributed by atoms with Gasteiger partial charge in [-0.3, -0.25) is 4.79 Å². The summed E-state index contributed by atoms with van der Waals surface area (Å²) in [6.07, 6.45) is 4.27. The van der Waals surface area contributed by atoms with E-state index in [1.165, 1.54) is 6.20 Å². The first kappa shape index (κ1) is 10.6. The third-order valence-electron chi connectivity index (χ3n) is 3.47. The van der Waals surface area contributed by atoms with Gasteiger partial charge in [0.1, 0.15) is 0 Å². The Labute approximate surface area is 112 Å². The molecule has 1 aliphatic rings. The Bertz CT molecular complexity index is 666. The molecule has 1 N–H and O–H groups in total. The molecule has 3 heterocycles. The van der Waals surface area contributed by atoms with Crippen molar-refractivity contribution in [3.63, 3.8) is 0 Å². The number of nitrogens with one attached hydrogen (secondary N) is 1. The summed E-state index contributed by atoms with van der Waals surface area (Å²) in [6.45, 7) is 4.88. The van der Waals surface area contributed by atoms with Gasteiger partial charge in [0, 0.05) is 19.3 Å². The molecule has 2 aromatic rings. The molecule has 0 aliphatic carbocycles. The fourth-order valence-electron chi connectivity index (χ4n) is 2.50. The average molecular weight is 258 g/mol. The third kappa shape index (κ3) is 2.07. The summed E-state index contributed by atoms with van der Waals surface area (Å²) in [5, 5.41) is 6.82. The highest BCUT2D eigenvalue weighted by atomic mass is 16.1. The van der Waals surface area contributed by atoms with Crippen molar-refractivity contribution in [1.29, 1.82) is 0 Å². The van der Waals surface area contributed by atoms with Gasteiger partial charge in [0.15, 0.2) is 0 Å². The van der Waals surface area contributed by atoms with E-state index in [1.54, 1.807) is 4.52 Å². The van der Waals surface area contributed by atoms with Gasteiger partial charge in [0.25, 0.3) is 0 Å². The van der Waals surface area contributed by atoms with E-state index in [9.17, 15) is 4.79 Å². The molecule has 1 fully saturated rings. The maximum Gasteiger partial charge on any atom is 0.228 e. The van der Waals surface area contributed by atoms with Crippen molar-refractivity contribution in [1.82, 2.24) is 14.9 Å². The molecule has 0 radical (unpaired) electrons. The molecule has 5 nitrogen and oxygen atoms in total. The van der Waals surface area contributed by atoms with Gasteiger partial charge in [-0.1, -0.05) is 12.6 Å². The van der Waals surface area contributed by atoms with Crippen LogP contribution in [-0.4, -0.2) is 28.6 Å². The molecular formula is C14H16N4O. The zero-order chi connectivity index (χ0) is 14.1. The number of pyridine rings is 1. The highest BCUT2D eigenvalue weighted by Crippen LogP contribution is 2.27. The van der Waals surface area contributed by atoms with E-state index in [1.807, 2.05) is 24.4 Å². The molecule has 3 rings (SSSR count). The van der Waals surface area contributed by atoms with Crippen LogP contribution in [0.1, 0.15) is 7.79 Å². The van der Waals surface area contributed by atoms with Crippen molar-refractivity contribution in [2.45, 2.75) is 6.42 Å². The molecule has 5 heteroatoms. The Kier molecular flexibility index (Phi) is 2.66. The van der Waals surface area contributed by atoms with Gasteiger partial charge in [-0.25, -0.2) is 4.52 Å². The number of amides is 1. The molecule has 1 aliphatic heterocycles. The number of aromatic nitrogens is 2. The maximum absolute atomic E-state index is 11.8. The molecule has 0 saturated carbocycles. The Balaban J connectivity index is 1.88. The molecule has 1 amide bonds. The highest BCUT2D eigenvalue weighted by molar-refractivity contribution is 5.82. The number of hydrogen-bond acceptors (Lipinski definition) is 3. The van der Waals surface area contributed by atoms with Crippen LogP contribution >= 0.6 is 0 Å². The minimum Gasteiger partial charge on any atom is -0.368 e. The minimum absolute atomic E-state index is 0.00879. The summed E-state index contributed by atoms with van der Waals surface area (Å²) in [7, 11) is 0. The lowest BCUT2D eigenvalue weighted by Gasteiger charge is -2.16. The Morgan fingerprint density at radius 1 is 1.63 bits per heavy atom. The monoisotopic (exact) mass is 258 g/mol. The van der Waals surface area contributed by atoms with Crippen LogP contribution in [0.5, 0.6) is 0 Å². The SMILES string of the molecule is [3H]c1nn2ccccc2c1N1CCC(C(=O)NC=C)C1. The first-order valence-electron chi connectivity index (χ1n) is 6.81. The van der Waals surface area contributed by atoms with E-state index < -0.39 is 0 Å². The van der Waals surface area contributed by atoms with Crippen LogP contribution in [0.3, 0.4) is 0 Å². The van der Waals surface area contributed by atoms with Crippen LogP contribution in [0.25, 0.3) is 5.52 Å². The molecule has 0 aromatic carbocycles. The lowest BCUT2D eigenvalue weighted by atomic mass is 10.1. The first-order valence-corrected chi connectivity index (χ1v) is 6.31. The van der Waals surface area contributed by atoms with Crippen LogP contribution in [0, 0.1) is 5.92 Å². The fourth-order valence-corrected chi connectivity index (χ4v) is 2.50. The summed E-state index contributed by atoms with van der Waals surface area (Å²) in [4.78, 5) is 13.9. The van der Waals surface area contributed by atoms with Crippen LogP contribution in [0.2, 0.25) is 0 Å². The molecule has 0 bridgehead atoms. The molecule has 19 heavy (non-hydrogen) atoms. The average Bonchev–Trinajstić information content (AvgIpc) is 3.01. The summed E-state index contributed by atoms with van der Waals surface area (Å²) in [5.74, 6) is -0.0726. The van der Waals surface area contributed by atoms with E-state index in [0.717, 1.165) is 24.2 Å². The topological polar surface area (TPSA) is 49.6 Å². The van der Waals surface area contributed by atoms with Crippen molar-refractivity contribution < 1.29 is 6.17 Å². The second-order valence-electron chi connectivity index (χ2n) is 4.64. The second-order valence-corrected chi connectivity index (χ2v) is 4.64. The summed E-state index contributed by atoms with van der Waals surface area (Å²) < 4.78 is 9.73. The van der Waals surface area contributed by atoms with Gasteiger partial charge in [-0.15, -0.1) is 0 Å². The van der Waals surface area contributed by atoms with Crippen molar-refractivity contribution in [2.24, 2.45) is 5.92 Å². The normalized spacial score (nSPS) is 19.5. The largest absolute Gasteiger partial charge is 0.368 e. The van der Waals surface area contributed by atoms with E-state index >= 15 is 0 Å². The van der Waals surface area contributed by atoms with E-state index in [-0.39, 0.29) is 18.0 Å². The molecule has 1 saturated heterocycles. The van der Waals surface area contributed by atoms with Crippen molar-refractivity contribution in [3.8, 4) is 0 Å². The standard InChI is InChI=1S/C14H16N4O/c1-2-15-14(19)11-6-8-17(10-11)13-9-16-18-7-4-3-5-12(13)18/h2-5,7,9,11H,1,6,8,10H2,(H,15,19)/i9T. The molecule has 2 aromatic heterocycles. The molecule has 1 unspecified atom stereocenters. The van der Waals surface area contributed by atoms with Crippen LogP contribution in [0.4, 0.5) is 5.69 Å². The van der Waals surface area contributed by atoms with Gasteiger partial charge in [0.2, 0.25) is 5.91 Å². The number of rotatable bonds is 3.